The number of carbonyl (C=O) groups excluding carboxylic acids is 1. The Bertz CT molecular complexity index is 1150. The second-order valence-electron chi connectivity index (χ2n) is 5.81. The summed E-state index contributed by atoms with van der Waals surface area (Å²) in [4.78, 5) is 29.5. The van der Waals surface area contributed by atoms with Crippen LogP contribution in [-0.4, -0.2) is 19.9 Å². The number of hydrogen-bond donors (Lipinski definition) is 0. The molecule has 0 unspecified atom stereocenters. The molecule has 0 saturated carbocycles. The Morgan fingerprint density at radius 3 is 2.69 bits per heavy atom. The summed E-state index contributed by atoms with van der Waals surface area (Å²) in [6, 6.07) is 7.17. The van der Waals surface area contributed by atoms with Crippen molar-refractivity contribution < 1.29 is 9.53 Å². The van der Waals surface area contributed by atoms with Crippen LogP contribution in [0.4, 0.5) is 0 Å². The lowest BCUT2D eigenvalue weighted by Gasteiger charge is -2.10. The van der Waals surface area contributed by atoms with Gasteiger partial charge >= 0.3 is 5.97 Å². The third-order valence-electron chi connectivity index (χ3n) is 4.05. The molecule has 0 atom stereocenters. The van der Waals surface area contributed by atoms with Gasteiger partial charge < -0.3 is 9.30 Å². The van der Waals surface area contributed by atoms with E-state index in [1.165, 1.54) is 33.1 Å². The fourth-order valence-corrected chi connectivity index (χ4v) is 4.54. The summed E-state index contributed by atoms with van der Waals surface area (Å²) >= 11 is 2.85. The quantitative estimate of drug-likeness (QED) is 0.504. The summed E-state index contributed by atoms with van der Waals surface area (Å²) in [6.45, 7) is 3.95. The number of fused-ring (bicyclic) bond motifs is 1. The van der Waals surface area contributed by atoms with Gasteiger partial charge in [0.15, 0.2) is 4.96 Å². The molecule has 0 saturated heterocycles. The van der Waals surface area contributed by atoms with Crippen molar-refractivity contribution in [1.29, 1.82) is 0 Å². The molecule has 4 aromatic rings. The van der Waals surface area contributed by atoms with Gasteiger partial charge in [0.2, 0.25) is 0 Å². The second-order valence-corrected chi connectivity index (χ2v) is 7.58. The number of aromatic nitrogens is 3. The molecule has 0 aliphatic carbocycles. The number of thiazole rings is 1. The van der Waals surface area contributed by atoms with Crippen molar-refractivity contribution in [3.05, 3.63) is 74.2 Å². The molecule has 4 rings (SSSR count). The molecule has 4 aromatic heterocycles. The Labute approximate surface area is 156 Å². The first-order valence-corrected chi connectivity index (χ1v) is 9.66. The van der Waals surface area contributed by atoms with E-state index < -0.39 is 5.97 Å². The SMILES string of the molecule is Cc1ccc(C)n1-c1sccc1C(=O)OCc1cc(=O)n2ccsc2n1. The first kappa shape index (κ1) is 16.7. The molecule has 0 bridgehead atoms. The van der Waals surface area contributed by atoms with Crippen molar-refractivity contribution in [3.8, 4) is 5.00 Å². The topological polar surface area (TPSA) is 65.6 Å². The molecule has 0 fully saturated rings. The average Bonchev–Trinajstić information content (AvgIpc) is 3.33. The van der Waals surface area contributed by atoms with Crippen molar-refractivity contribution in [3.63, 3.8) is 0 Å². The molecule has 0 aromatic carbocycles. The van der Waals surface area contributed by atoms with Crippen LogP contribution in [-0.2, 0) is 11.3 Å². The van der Waals surface area contributed by atoms with E-state index in [2.05, 4.69) is 4.98 Å². The number of carbonyl (C=O) groups is 1. The van der Waals surface area contributed by atoms with Crippen LogP contribution in [0.1, 0.15) is 27.4 Å². The van der Waals surface area contributed by atoms with Gasteiger partial charge in [0.05, 0.1) is 11.3 Å². The smallest absolute Gasteiger partial charge is 0.341 e. The molecule has 0 spiro atoms. The van der Waals surface area contributed by atoms with E-state index >= 15 is 0 Å². The summed E-state index contributed by atoms with van der Waals surface area (Å²) in [5.41, 5.74) is 2.87. The molecule has 0 aliphatic heterocycles. The standard InChI is InChI=1S/C18H15N3O3S2/c1-11-3-4-12(2)21(11)16-14(5-7-25-16)17(23)24-10-13-9-15(22)20-6-8-26-18(20)19-13/h3-9H,10H2,1-2H3. The number of esters is 1. The molecular weight excluding hydrogens is 370 g/mol. The van der Waals surface area contributed by atoms with E-state index in [-0.39, 0.29) is 12.2 Å². The Kier molecular flexibility index (Phi) is 4.21. The zero-order chi connectivity index (χ0) is 18.3. The van der Waals surface area contributed by atoms with Crippen molar-refractivity contribution in [1.82, 2.24) is 14.0 Å². The van der Waals surface area contributed by atoms with E-state index in [9.17, 15) is 9.59 Å². The van der Waals surface area contributed by atoms with Gasteiger partial charge in [-0.3, -0.25) is 9.20 Å². The molecular formula is C18H15N3O3S2. The van der Waals surface area contributed by atoms with Crippen molar-refractivity contribution in [2.75, 3.05) is 0 Å². The minimum atomic E-state index is -0.429. The average molecular weight is 385 g/mol. The van der Waals surface area contributed by atoms with Crippen molar-refractivity contribution in [2.24, 2.45) is 0 Å². The van der Waals surface area contributed by atoms with Gasteiger partial charge in [0.1, 0.15) is 11.6 Å². The number of thiophene rings is 1. The van der Waals surface area contributed by atoms with Crippen LogP contribution in [0.15, 0.2) is 46.0 Å². The van der Waals surface area contributed by atoms with Crippen LogP contribution < -0.4 is 5.56 Å². The minimum Gasteiger partial charge on any atom is -0.455 e. The highest BCUT2D eigenvalue weighted by molar-refractivity contribution is 7.15. The molecule has 0 amide bonds. The van der Waals surface area contributed by atoms with Gasteiger partial charge in [-0.15, -0.1) is 22.7 Å². The summed E-state index contributed by atoms with van der Waals surface area (Å²) in [7, 11) is 0. The number of rotatable bonds is 4. The molecule has 0 N–H and O–H groups in total. The van der Waals surface area contributed by atoms with E-state index in [4.69, 9.17) is 4.74 Å². The third kappa shape index (κ3) is 2.87. The zero-order valence-electron chi connectivity index (χ0n) is 14.1. The molecule has 8 heteroatoms. The van der Waals surface area contributed by atoms with E-state index in [1.807, 2.05) is 35.9 Å². The van der Waals surface area contributed by atoms with Crippen LogP contribution >= 0.6 is 22.7 Å². The Morgan fingerprint density at radius 1 is 1.15 bits per heavy atom. The monoisotopic (exact) mass is 385 g/mol. The van der Waals surface area contributed by atoms with E-state index in [1.54, 1.807) is 17.6 Å². The van der Waals surface area contributed by atoms with Gasteiger partial charge in [0, 0.05) is 29.0 Å². The normalized spacial score (nSPS) is 11.2. The number of hydrogen-bond acceptors (Lipinski definition) is 6. The lowest BCUT2D eigenvalue weighted by Crippen LogP contribution is -2.15. The highest BCUT2D eigenvalue weighted by Gasteiger charge is 2.18. The van der Waals surface area contributed by atoms with Crippen molar-refractivity contribution in [2.45, 2.75) is 20.5 Å². The molecule has 0 aliphatic rings. The third-order valence-corrected chi connectivity index (χ3v) is 5.70. The summed E-state index contributed by atoms with van der Waals surface area (Å²) in [5.74, 6) is -0.429. The van der Waals surface area contributed by atoms with Crippen molar-refractivity contribution >= 4 is 33.6 Å². The predicted molar refractivity (Wildman–Crippen MR) is 102 cm³/mol. The Hall–Kier alpha value is -2.71. The fraction of sp³-hybridized carbons (Fsp3) is 0.167. The van der Waals surface area contributed by atoms with Gasteiger partial charge in [-0.2, -0.15) is 0 Å². The van der Waals surface area contributed by atoms with Gasteiger partial charge in [-0.1, -0.05) is 0 Å². The van der Waals surface area contributed by atoms with Crippen LogP contribution in [0.25, 0.3) is 9.96 Å². The summed E-state index contributed by atoms with van der Waals surface area (Å²) in [5, 5.41) is 4.49. The van der Waals surface area contributed by atoms with Crippen LogP contribution in [0.5, 0.6) is 0 Å². The summed E-state index contributed by atoms with van der Waals surface area (Å²) in [6.07, 6.45) is 1.67. The second kappa shape index (κ2) is 6.54. The Balaban J connectivity index is 1.58. The molecule has 26 heavy (non-hydrogen) atoms. The first-order chi connectivity index (χ1) is 12.5. The largest absolute Gasteiger partial charge is 0.455 e. The maximum atomic E-state index is 12.6. The summed E-state index contributed by atoms with van der Waals surface area (Å²) < 4.78 is 8.91. The van der Waals surface area contributed by atoms with Crippen LogP contribution in [0.3, 0.4) is 0 Å². The number of ether oxygens (including phenoxy) is 1. The maximum Gasteiger partial charge on any atom is 0.341 e. The maximum absolute atomic E-state index is 12.6. The molecule has 0 radical (unpaired) electrons. The Morgan fingerprint density at radius 2 is 1.92 bits per heavy atom. The fourth-order valence-electron chi connectivity index (χ4n) is 2.80. The number of aryl methyl sites for hydroxylation is 2. The highest BCUT2D eigenvalue weighted by atomic mass is 32.1. The van der Waals surface area contributed by atoms with Gasteiger partial charge in [-0.25, -0.2) is 9.78 Å². The van der Waals surface area contributed by atoms with Gasteiger partial charge in [0.25, 0.3) is 5.56 Å². The van der Waals surface area contributed by atoms with Gasteiger partial charge in [-0.05, 0) is 37.4 Å². The lowest BCUT2D eigenvalue weighted by atomic mass is 10.3. The van der Waals surface area contributed by atoms with E-state index in [0.29, 0.717) is 16.2 Å². The molecule has 6 nitrogen and oxygen atoms in total. The number of nitrogens with zero attached hydrogens (tertiary/aromatic N) is 3. The zero-order valence-corrected chi connectivity index (χ0v) is 15.8. The van der Waals surface area contributed by atoms with Crippen LogP contribution in [0.2, 0.25) is 0 Å². The van der Waals surface area contributed by atoms with E-state index in [0.717, 1.165) is 16.4 Å². The molecule has 132 valence electrons. The first-order valence-electron chi connectivity index (χ1n) is 7.90. The van der Waals surface area contributed by atoms with Crippen LogP contribution in [0, 0.1) is 13.8 Å². The minimum absolute atomic E-state index is 0.0403. The lowest BCUT2D eigenvalue weighted by molar-refractivity contribution is 0.0468. The predicted octanol–water partition coefficient (Wildman–Crippen LogP) is 3.58. The highest BCUT2D eigenvalue weighted by Crippen LogP contribution is 2.26. The molecule has 4 heterocycles.